The van der Waals surface area contributed by atoms with Crippen LogP contribution < -0.4 is 0 Å². The zero-order chi connectivity index (χ0) is 20.1. The molecule has 3 fully saturated rings. The molecule has 0 bridgehead atoms. The quantitative estimate of drug-likeness (QED) is 0.509. The fourth-order valence-electron chi connectivity index (χ4n) is 5.35. The summed E-state index contributed by atoms with van der Waals surface area (Å²) in [5, 5.41) is 1.49. The SMILES string of the molecule is CC1C[C@H](c2cccc(Cl)c2)[C@@H](c2ccc(Cl)cc2)N(C(C2CC2)C2CC2)C1=O. The van der Waals surface area contributed by atoms with E-state index in [4.69, 9.17) is 23.2 Å². The van der Waals surface area contributed by atoms with Crippen LogP contribution in [-0.2, 0) is 4.79 Å². The molecule has 2 nitrogen and oxygen atoms in total. The molecule has 1 unspecified atom stereocenters. The standard InChI is InChI=1S/C25H27Cl2NO/c1-15-13-22(19-3-2-4-21(27)14-19)24(18-9-11-20(26)12-10-18)28(25(15)29)23(16-5-6-16)17-7-8-17/h2-4,9-12,14-17,22-24H,5-8,13H2,1H3/t15?,22-,24-/m1/s1. The fraction of sp³-hybridized carbons (Fsp3) is 0.480. The highest BCUT2D eigenvalue weighted by atomic mass is 35.5. The summed E-state index contributed by atoms with van der Waals surface area (Å²) in [7, 11) is 0. The molecular formula is C25H27Cl2NO. The van der Waals surface area contributed by atoms with Crippen molar-refractivity contribution in [1.82, 2.24) is 4.90 Å². The van der Waals surface area contributed by atoms with Crippen molar-refractivity contribution in [2.75, 3.05) is 0 Å². The predicted octanol–water partition coefficient (Wildman–Crippen LogP) is 6.88. The Bertz CT molecular complexity index is 891. The summed E-state index contributed by atoms with van der Waals surface area (Å²) in [6, 6.07) is 16.8. The first-order chi connectivity index (χ1) is 14.0. The van der Waals surface area contributed by atoms with Crippen LogP contribution in [0.5, 0.6) is 0 Å². The van der Waals surface area contributed by atoms with Crippen LogP contribution in [0.1, 0.15) is 62.1 Å². The van der Waals surface area contributed by atoms with Gasteiger partial charge in [0.05, 0.1) is 6.04 Å². The Kier molecular flexibility index (Phi) is 5.12. The molecule has 1 aliphatic heterocycles. The van der Waals surface area contributed by atoms with Crippen LogP contribution in [0.2, 0.25) is 10.0 Å². The smallest absolute Gasteiger partial charge is 0.226 e. The van der Waals surface area contributed by atoms with Gasteiger partial charge in [-0.25, -0.2) is 0 Å². The van der Waals surface area contributed by atoms with Crippen molar-refractivity contribution in [3.8, 4) is 0 Å². The van der Waals surface area contributed by atoms with E-state index in [1.165, 1.54) is 36.8 Å². The molecule has 29 heavy (non-hydrogen) atoms. The lowest BCUT2D eigenvalue weighted by molar-refractivity contribution is -0.147. The lowest BCUT2D eigenvalue weighted by Gasteiger charge is -2.48. The van der Waals surface area contributed by atoms with Crippen LogP contribution in [0.25, 0.3) is 0 Å². The monoisotopic (exact) mass is 427 g/mol. The molecule has 1 saturated heterocycles. The van der Waals surface area contributed by atoms with E-state index in [1.54, 1.807) is 0 Å². The third-order valence-electron chi connectivity index (χ3n) is 6.98. The van der Waals surface area contributed by atoms with E-state index in [-0.39, 0.29) is 17.9 Å². The number of carbonyl (C=O) groups excluding carboxylic acids is 1. The molecule has 0 N–H and O–H groups in total. The second-order valence-electron chi connectivity index (χ2n) is 9.21. The Hall–Kier alpha value is -1.51. The molecule has 152 valence electrons. The lowest BCUT2D eigenvalue weighted by atomic mass is 9.75. The predicted molar refractivity (Wildman–Crippen MR) is 118 cm³/mol. The number of likely N-dealkylation sites (tertiary alicyclic amines) is 1. The fourth-order valence-corrected chi connectivity index (χ4v) is 5.68. The third kappa shape index (κ3) is 3.82. The summed E-state index contributed by atoms with van der Waals surface area (Å²) in [5.74, 6) is 1.94. The molecule has 3 aliphatic rings. The number of hydrogen-bond donors (Lipinski definition) is 0. The van der Waals surface area contributed by atoms with Gasteiger partial charge in [0.2, 0.25) is 5.91 Å². The first-order valence-electron chi connectivity index (χ1n) is 10.9. The van der Waals surface area contributed by atoms with Crippen molar-refractivity contribution < 1.29 is 4.79 Å². The van der Waals surface area contributed by atoms with Crippen LogP contribution in [0, 0.1) is 17.8 Å². The summed E-state index contributed by atoms with van der Waals surface area (Å²) in [6.45, 7) is 2.10. The maximum absolute atomic E-state index is 13.6. The number of amides is 1. The molecule has 0 aromatic heterocycles. The topological polar surface area (TPSA) is 20.3 Å². The summed E-state index contributed by atoms with van der Waals surface area (Å²) in [6.07, 6.45) is 5.89. The molecule has 2 aliphatic carbocycles. The maximum atomic E-state index is 13.6. The molecule has 4 heteroatoms. The van der Waals surface area contributed by atoms with Gasteiger partial charge < -0.3 is 4.90 Å². The molecule has 0 spiro atoms. The van der Waals surface area contributed by atoms with Crippen LogP contribution in [-0.4, -0.2) is 16.8 Å². The second-order valence-corrected chi connectivity index (χ2v) is 10.1. The minimum atomic E-state index is 0.0301. The van der Waals surface area contributed by atoms with Gasteiger partial charge in [-0.15, -0.1) is 0 Å². The largest absolute Gasteiger partial charge is 0.331 e. The van der Waals surface area contributed by atoms with Gasteiger partial charge in [-0.1, -0.05) is 54.4 Å². The van der Waals surface area contributed by atoms with Gasteiger partial charge in [-0.2, -0.15) is 0 Å². The van der Waals surface area contributed by atoms with Crippen LogP contribution >= 0.6 is 23.2 Å². The normalized spacial score (nSPS) is 27.5. The highest BCUT2D eigenvalue weighted by molar-refractivity contribution is 6.30. The number of benzene rings is 2. The van der Waals surface area contributed by atoms with E-state index in [2.05, 4.69) is 36.1 Å². The highest BCUT2D eigenvalue weighted by Crippen LogP contribution is 2.54. The number of carbonyl (C=O) groups is 1. The molecular weight excluding hydrogens is 401 g/mol. The maximum Gasteiger partial charge on any atom is 0.226 e. The Morgan fingerprint density at radius 1 is 0.897 bits per heavy atom. The number of hydrogen-bond acceptors (Lipinski definition) is 1. The average molecular weight is 428 g/mol. The van der Waals surface area contributed by atoms with Gasteiger partial charge in [-0.05, 0) is 79.3 Å². The lowest BCUT2D eigenvalue weighted by Crippen LogP contribution is -2.52. The van der Waals surface area contributed by atoms with Gasteiger partial charge in [0.25, 0.3) is 0 Å². The summed E-state index contributed by atoms with van der Waals surface area (Å²) in [5.41, 5.74) is 2.41. The number of piperidine rings is 1. The van der Waals surface area contributed by atoms with Crippen molar-refractivity contribution in [3.63, 3.8) is 0 Å². The van der Waals surface area contributed by atoms with Crippen LogP contribution in [0.4, 0.5) is 0 Å². The minimum Gasteiger partial charge on any atom is -0.331 e. The summed E-state index contributed by atoms with van der Waals surface area (Å²) in [4.78, 5) is 15.9. The third-order valence-corrected chi connectivity index (χ3v) is 7.47. The van der Waals surface area contributed by atoms with Crippen LogP contribution in [0.3, 0.4) is 0 Å². The van der Waals surface area contributed by atoms with E-state index >= 15 is 0 Å². The van der Waals surface area contributed by atoms with Gasteiger partial charge in [0, 0.05) is 27.9 Å². The number of halogens is 2. The second kappa shape index (κ2) is 7.63. The van der Waals surface area contributed by atoms with Crippen LogP contribution in [0.15, 0.2) is 48.5 Å². The van der Waals surface area contributed by atoms with Gasteiger partial charge in [-0.3, -0.25) is 4.79 Å². The molecule has 2 aromatic rings. The highest BCUT2D eigenvalue weighted by Gasteiger charge is 2.52. The minimum absolute atomic E-state index is 0.0301. The van der Waals surface area contributed by atoms with Gasteiger partial charge >= 0.3 is 0 Å². The van der Waals surface area contributed by atoms with E-state index in [0.29, 0.717) is 23.8 Å². The first kappa shape index (κ1) is 19.5. The summed E-state index contributed by atoms with van der Waals surface area (Å²) < 4.78 is 0. The van der Waals surface area contributed by atoms with Crippen molar-refractivity contribution >= 4 is 29.1 Å². The zero-order valence-corrected chi connectivity index (χ0v) is 18.2. The molecule has 1 amide bonds. The zero-order valence-electron chi connectivity index (χ0n) is 16.7. The van der Waals surface area contributed by atoms with Gasteiger partial charge in [0.15, 0.2) is 0 Å². The average Bonchev–Trinajstić information content (AvgIpc) is 3.61. The van der Waals surface area contributed by atoms with Crippen molar-refractivity contribution in [1.29, 1.82) is 0 Å². The number of nitrogens with zero attached hydrogens (tertiary/aromatic N) is 1. The molecule has 2 aromatic carbocycles. The van der Waals surface area contributed by atoms with E-state index in [1.807, 2.05) is 24.3 Å². The Morgan fingerprint density at radius 3 is 2.14 bits per heavy atom. The first-order valence-corrected chi connectivity index (χ1v) is 11.6. The molecule has 5 rings (SSSR count). The van der Waals surface area contributed by atoms with E-state index < -0.39 is 0 Å². The van der Waals surface area contributed by atoms with Gasteiger partial charge in [0.1, 0.15) is 0 Å². The van der Waals surface area contributed by atoms with Crippen molar-refractivity contribution in [2.45, 2.75) is 57.0 Å². The van der Waals surface area contributed by atoms with Crippen molar-refractivity contribution in [3.05, 3.63) is 69.7 Å². The number of rotatable bonds is 5. The van der Waals surface area contributed by atoms with E-state index in [9.17, 15) is 4.79 Å². The Labute approximate surface area is 183 Å². The molecule has 0 radical (unpaired) electrons. The Balaban J connectivity index is 1.63. The molecule has 3 atom stereocenters. The molecule has 1 heterocycles. The summed E-state index contributed by atoms with van der Waals surface area (Å²) >= 11 is 12.6. The molecule has 2 saturated carbocycles. The van der Waals surface area contributed by atoms with Crippen molar-refractivity contribution in [2.24, 2.45) is 17.8 Å². The Morgan fingerprint density at radius 2 is 1.55 bits per heavy atom. The van der Waals surface area contributed by atoms with E-state index in [0.717, 1.165) is 16.5 Å².